The minimum Gasteiger partial charge on any atom is -0.368 e. The number of benzene rings is 1. The van der Waals surface area contributed by atoms with Crippen LogP contribution in [0.3, 0.4) is 0 Å². The number of hydrogen-bond donors (Lipinski definition) is 1. The number of nitrogens with one attached hydrogen (secondary N) is 1. The van der Waals surface area contributed by atoms with Crippen molar-refractivity contribution in [2.75, 3.05) is 35.7 Å². The molecule has 1 saturated heterocycles. The van der Waals surface area contributed by atoms with Gasteiger partial charge in [-0.1, -0.05) is 11.6 Å². The first-order chi connectivity index (χ1) is 13.2. The molecule has 1 aromatic carbocycles. The Balaban J connectivity index is 1.66. The SMILES string of the molecule is CS(=O)(=O)NCC1CCN(c2c(F)cc3c(c2Cl)N(C2CC2)C(=O)[N]C3=O)C1. The fraction of sp³-hybridized carbons (Fsp3) is 0.529. The van der Waals surface area contributed by atoms with Crippen LogP contribution in [0.25, 0.3) is 0 Å². The summed E-state index contributed by atoms with van der Waals surface area (Å²) in [5.41, 5.74) is 0.353. The normalized spacial score (nSPS) is 22.5. The number of halogens is 2. The Morgan fingerprint density at radius 1 is 1.29 bits per heavy atom. The molecule has 1 saturated carbocycles. The van der Waals surface area contributed by atoms with E-state index in [0.717, 1.165) is 25.2 Å². The lowest BCUT2D eigenvalue weighted by molar-refractivity contribution is 0.0956. The maximum absolute atomic E-state index is 14.9. The van der Waals surface area contributed by atoms with Gasteiger partial charge in [0, 0.05) is 25.7 Å². The van der Waals surface area contributed by atoms with Crippen LogP contribution < -0.4 is 19.8 Å². The summed E-state index contributed by atoms with van der Waals surface area (Å²) >= 11 is 6.53. The van der Waals surface area contributed by atoms with Crippen LogP contribution in [0.2, 0.25) is 5.02 Å². The highest BCUT2D eigenvalue weighted by Crippen LogP contribution is 2.46. The van der Waals surface area contributed by atoms with Crippen molar-refractivity contribution in [2.24, 2.45) is 5.92 Å². The van der Waals surface area contributed by atoms with Gasteiger partial charge in [0.25, 0.3) is 5.91 Å². The molecule has 1 radical (unpaired) electrons. The van der Waals surface area contributed by atoms with Crippen LogP contribution >= 0.6 is 11.6 Å². The minimum absolute atomic E-state index is 0.000905. The molecule has 11 heteroatoms. The highest BCUT2D eigenvalue weighted by Gasteiger charge is 2.43. The number of hydrogen-bond acceptors (Lipinski definition) is 5. The largest absolute Gasteiger partial charge is 0.368 e. The third-order valence-electron chi connectivity index (χ3n) is 5.19. The molecule has 3 amide bonds. The number of anilines is 2. The molecule has 3 aliphatic rings. The number of nitrogens with zero attached hydrogens (tertiary/aromatic N) is 3. The van der Waals surface area contributed by atoms with E-state index in [0.29, 0.717) is 19.5 Å². The number of carbonyl (C=O) groups excluding carboxylic acids is 2. The molecule has 0 bridgehead atoms. The number of rotatable bonds is 5. The van der Waals surface area contributed by atoms with Crippen LogP contribution in [0.4, 0.5) is 20.6 Å². The van der Waals surface area contributed by atoms with E-state index in [1.807, 2.05) is 0 Å². The molecule has 1 N–H and O–H groups in total. The van der Waals surface area contributed by atoms with Crippen LogP contribution in [-0.2, 0) is 10.0 Å². The van der Waals surface area contributed by atoms with Gasteiger partial charge in [-0.3, -0.25) is 9.69 Å². The summed E-state index contributed by atoms with van der Waals surface area (Å²) in [6.07, 6.45) is 3.31. The summed E-state index contributed by atoms with van der Waals surface area (Å²) in [5.74, 6) is -1.45. The highest BCUT2D eigenvalue weighted by molar-refractivity contribution is 7.88. The van der Waals surface area contributed by atoms with Gasteiger partial charge in [0.1, 0.15) is 5.82 Å². The molecule has 1 unspecified atom stereocenters. The number of carbonyl (C=O) groups is 2. The van der Waals surface area contributed by atoms with Gasteiger partial charge in [0.15, 0.2) is 0 Å². The zero-order valence-corrected chi connectivity index (χ0v) is 16.7. The standard InChI is InChI=1S/C17H19ClFN4O4S/c1-28(26,27)20-7-9-4-5-22(8-9)15-12(19)6-11-14(13(15)18)23(10-2-3-10)17(25)21-16(11)24/h6,9-10,20H,2-5,7-8H2,1H3. The molecule has 1 aliphatic carbocycles. The van der Waals surface area contributed by atoms with E-state index < -0.39 is 27.8 Å². The van der Waals surface area contributed by atoms with Gasteiger partial charge in [0.05, 0.1) is 28.2 Å². The predicted molar refractivity (Wildman–Crippen MR) is 102 cm³/mol. The van der Waals surface area contributed by atoms with E-state index >= 15 is 0 Å². The first-order valence-electron chi connectivity index (χ1n) is 8.96. The molecular formula is C17H19ClFN4O4S. The number of imide groups is 1. The summed E-state index contributed by atoms with van der Waals surface area (Å²) in [5, 5.41) is 3.50. The minimum atomic E-state index is -3.30. The summed E-state index contributed by atoms with van der Waals surface area (Å²) in [7, 11) is -3.30. The van der Waals surface area contributed by atoms with Crippen LogP contribution in [0.15, 0.2) is 6.07 Å². The van der Waals surface area contributed by atoms with Crippen molar-refractivity contribution in [1.82, 2.24) is 10.0 Å². The molecule has 1 atom stereocenters. The average molecular weight is 430 g/mol. The van der Waals surface area contributed by atoms with E-state index in [1.165, 1.54) is 4.90 Å². The summed E-state index contributed by atoms with van der Waals surface area (Å²) in [4.78, 5) is 27.5. The monoisotopic (exact) mass is 429 g/mol. The lowest BCUT2D eigenvalue weighted by atomic mass is 10.1. The van der Waals surface area contributed by atoms with Gasteiger partial charge in [-0.25, -0.2) is 22.3 Å². The first kappa shape index (κ1) is 19.4. The van der Waals surface area contributed by atoms with Gasteiger partial charge in [-0.05, 0) is 31.2 Å². The summed E-state index contributed by atoms with van der Waals surface area (Å²) < 4.78 is 39.9. The lowest BCUT2D eigenvalue weighted by Gasteiger charge is -2.31. The van der Waals surface area contributed by atoms with E-state index in [2.05, 4.69) is 10.0 Å². The van der Waals surface area contributed by atoms with Crippen LogP contribution in [0.1, 0.15) is 29.6 Å². The third kappa shape index (κ3) is 3.56. The van der Waals surface area contributed by atoms with Gasteiger partial charge in [0.2, 0.25) is 10.0 Å². The van der Waals surface area contributed by atoms with Crippen molar-refractivity contribution in [3.63, 3.8) is 0 Å². The maximum Gasteiger partial charge on any atom is 0.351 e. The Morgan fingerprint density at radius 2 is 2.00 bits per heavy atom. The van der Waals surface area contributed by atoms with Crippen molar-refractivity contribution in [1.29, 1.82) is 0 Å². The molecule has 1 aromatic rings. The van der Waals surface area contributed by atoms with E-state index in [1.54, 1.807) is 4.90 Å². The summed E-state index contributed by atoms with van der Waals surface area (Å²) in [6.45, 7) is 1.15. The van der Waals surface area contributed by atoms with Crippen molar-refractivity contribution < 1.29 is 22.4 Å². The molecule has 28 heavy (non-hydrogen) atoms. The number of fused-ring (bicyclic) bond motifs is 1. The van der Waals surface area contributed by atoms with Crippen LogP contribution in [0, 0.1) is 11.7 Å². The van der Waals surface area contributed by atoms with Crippen LogP contribution in [0.5, 0.6) is 0 Å². The van der Waals surface area contributed by atoms with Gasteiger partial charge in [-0.2, -0.15) is 5.32 Å². The van der Waals surface area contributed by atoms with Crippen LogP contribution in [-0.4, -0.2) is 52.3 Å². The molecule has 4 rings (SSSR count). The van der Waals surface area contributed by atoms with Gasteiger partial charge < -0.3 is 4.90 Å². The van der Waals surface area contributed by atoms with E-state index in [4.69, 9.17) is 11.6 Å². The second kappa shape index (κ2) is 6.85. The molecule has 0 aromatic heterocycles. The van der Waals surface area contributed by atoms with Crippen molar-refractivity contribution in [3.05, 3.63) is 22.5 Å². The first-order valence-corrected chi connectivity index (χ1v) is 11.2. The molecule has 0 spiro atoms. The molecule has 2 aliphatic heterocycles. The maximum atomic E-state index is 14.9. The molecule has 2 fully saturated rings. The van der Waals surface area contributed by atoms with E-state index in [-0.39, 0.29) is 40.5 Å². The third-order valence-corrected chi connectivity index (χ3v) is 6.24. The molecule has 151 valence electrons. The predicted octanol–water partition coefficient (Wildman–Crippen LogP) is 1.70. The Morgan fingerprint density at radius 3 is 2.64 bits per heavy atom. The number of urea groups is 1. The molecular weight excluding hydrogens is 411 g/mol. The van der Waals surface area contributed by atoms with Crippen molar-refractivity contribution >= 4 is 44.9 Å². The van der Waals surface area contributed by atoms with E-state index in [9.17, 15) is 22.4 Å². The average Bonchev–Trinajstić information content (AvgIpc) is 3.32. The Kier molecular flexibility index (Phi) is 4.75. The smallest absolute Gasteiger partial charge is 0.351 e. The van der Waals surface area contributed by atoms with Gasteiger partial charge >= 0.3 is 6.03 Å². The molecule has 2 heterocycles. The quantitative estimate of drug-likeness (QED) is 0.767. The zero-order chi connectivity index (χ0) is 20.2. The Bertz CT molecular complexity index is 966. The fourth-order valence-electron chi connectivity index (χ4n) is 3.73. The number of sulfonamides is 1. The molecule has 8 nitrogen and oxygen atoms in total. The lowest BCUT2D eigenvalue weighted by Crippen LogP contribution is -2.45. The second-order valence-corrected chi connectivity index (χ2v) is 9.65. The Labute approximate surface area is 167 Å². The van der Waals surface area contributed by atoms with Crippen molar-refractivity contribution in [3.8, 4) is 0 Å². The highest BCUT2D eigenvalue weighted by atomic mass is 35.5. The number of amides is 3. The van der Waals surface area contributed by atoms with Crippen molar-refractivity contribution in [2.45, 2.75) is 25.3 Å². The summed E-state index contributed by atoms with van der Waals surface area (Å²) in [6, 6.07) is 0.340. The topological polar surface area (TPSA) is 101 Å². The fourth-order valence-corrected chi connectivity index (χ4v) is 4.67. The Hall–Kier alpha value is -1.91. The zero-order valence-electron chi connectivity index (χ0n) is 15.1. The second-order valence-electron chi connectivity index (χ2n) is 7.44. The van der Waals surface area contributed by atoms with Gasteiger partial charge in [-0.15, -0.1) is 0 Å².